The van der Waals surface area contributed by atoms with Gasteiger partial charge in [0.05, 0.1) is 23.5 Å². The lowest BCUT2D eigenvalue weighted by Crippen LogP contribution is -2.35. The van der Waals surface area contributed by atoms with E-state index in [1.54, 1.807) is 29.0 Å². The van der Waals surface area contributed by atoms with Crippen LogP contribution in [0.15, 0.2) is 30.9 Å². The first-order valence-corrected chi connectivity index (χ1v) is 7.74. The van der Waals surface area contributed by atoms with Crippen LogP contribution in [-0.4, -0.2) is 49.1 Å². The highest BCUT2D eigenvalue weighted by Crippen LogP contribution is 2.13. The smallest absolute Gasteiger partial charge is 0.227 e. The van der Waals surface area contributed by atoms with Gasteiger partial charge in [-0.15, -0.1) is 0 Å². The first-order valence-electron chi connectivity index (χ1n) is 7.74. The lowest BCUT2D eigenvalue weighted by molar-refractivity contribution is -0.134. The lowest BCUT2D eigenvalue weighted by Gasteiger charge is -2.20. The standard InChI is InChI=1S/C16H19FN6O/c1-11(8-23-10-18-9-19-23)16(24)22(2)6-5-15-20-13-4-3-12(17)7-14(13)21-15/h3-4,7,9-11H,5-6,8H2,1-2H3,(H,20,21)/t11-/m1/s1. The van der Waals surface area contributed by atoms with E-state index in [-0.39, 0.29) is 17.6 Å². The topological polar surface area (TPSA) is 79.7 Å². The fourth-order valence-electron chi connectivity index (χ4n) is 2.60. The van der Waals surface area contributed by atoms with Crippen LogP contribution in [0.25, 0.3) is 11.0 Å². The molecule has 1 aromatic carbocycles. The van der Waals surface area contributed by atoms with Gasteiger partial charge in [-0.1, -0.05) is 6.92 Å². The summed E-state index contributed by atoms with van der Waals surface area (Å²) in [4.78, 5) is 25.4. The van der Waals surface area contributed by atoms with E-state index in [9.17, 15) is 9.18 Å². The van der Waals surface area contributed by atoms with E-state index in [1.807, 2.05) is 6.92 Å². The number of likely N-dealkylation sites (N-methyl/N-ethyl adjacent to an activating group) is 1. The number of halogens is 1. The molecule has 1 amide bonds. The average Bonchev–Trinajstić information content (AvgIpc) is 3.20. The first kappa shape index (κ1) is 16.1. The van der Waals surface area contributed by atoms with E-state index in [1.165, 1.54) is 18.5 Å². The van der Waals surface area contributed by atoms with Gasteiger partial charge in [0.25, 0.3) is 0 Å². The lowest BCUT2D eigenvalue weighted by atomic mass is 10.1. The Morgan fingerprint density at radius 2 is 2.29 bits per heavy atom. The summed E-state index contributed by atoms with van der Waals surface area (Å²) >= 11 is 0. The molecule has 3 rings (SSSR count). The van der Waals surface area contributed by atoms with Gasteiger partial charge < -0.3 is 9.88 Å². The van der Waals surface area contributed by atoms with E-state index in [2.05, 4.69) is 20.1 Å². The second kappa shape index (κ2) is 6.77. The molecule has 0 aliphatic heterocycles. The van der Waals surface area contributed by atoms with Crippen molar-refractivity contribution in [3.8, 4) is 0 Å². The van der Waals surface area contributed by atoms with E-state index in [0.717, 1.165) is 11.3 Å². The normalized spacial score (nSPS) is 12.5. The first-order chi connectivity index (χ1) is 11.5. The van der Waals surface area contributed by atoms with Crippen LogP contribution < -0.4 is 0 Å². The number of carbonyl (C=O) groups is 1. The Hall–Kier alpha value is -2.77. The van der Waals surface area contributed by atoms with Crippen molar-refractivity contribution in [2.45, 2.75) is 19.9 Å². The van der Waals surface area contributed by atoms with Crippen molar-refractivity contribution in [2.24, 2.45) is 5.92 Å². The van der Waals surface area contributed by atoms with Gasteiger partial charge in [-0.3, -0.25) is 9.48 Å². The summed E-state index contributed by atoms with van der Waals surface area (Å²) in [7, 11) is 1.77. The van der Waals surface area contributed by atoms with Crippen LogP contribution in [0.5, 0.6) is 0 Å². The van der Waals surface area contributed by atoms with E-state index < -0.39 is 0 Å². The Labute approximate surface area is 138 Å². The highest BCUT2D eigenvalue weighted by molar-refractivity contribution is 5.78. The molecule has 2 aromatic heterocycles. The van der Waals surface area contributed by atoms with E-state index >= 15 is 0 Å². The Morgan fingerprint density at radius 3 is 3.04 bits per heavy atom. The highest BCUT2D eigenvalue weighted by atomic mass is 19.1. The van der Waals surface area contributed by atoms with Gasteiger partial charge in [-0.05, 0) is 18.2 Å². The van der Waals surface area contributed by atoms with Crippen LogP contribution in [0.1, 0.15) is 12.7 Å². The molecule has 0 aliphatic carbocycles. The molecular weight excluding hydrogens is 311 g/mol. The average molecular weight is 330 g/mol. The number of aromatic amines is 1. The number of carbonyl (C=O) groups excluding carboxylic acids is 1. The van der Waals surface area contributed by atoms with Crippen LogP contribution in [0.3, 0.4) is 0 Å². The number of hydrogen-bond donors (Lipinski definition) is 1. The minimum absolute atomic E-state index is 0.0349. The van der Waals surface area contributed by atoms with Gasteiger partial charge in [-0.2, -0.15) is 5.10 Å². The molecule has 126 valence electrons. The minimum atomic E-state index is -0.299. The van der Waals surface area contributed by atoms with Crippen molar-refractivity contribution >= 4 is 16.9 Å². The summed E-state index contributed by atoms with van der Waals surface area (Å²) in [6.07, 6.45) is 3.62. The monoisotopic (exact) mass is 330 g/mol. The maximum Gasteiger partial charge on any atom is 0.227 e. The van der Waals surface area contributed by atoms with Crippen molar-refractivity contribution in [1.29, 1.82) is 0 Å². The number of amides is 1. The summed E-state index contributed by atoms with van der Waals surface area (Å²) in [6.45, 7) is 2.89. The largest absolute Gasteiger partial charge is 0.345 e. The van der Waals surface area contributed by atoms with Crippen LogP contribution in [0.4, 0.5) is 4.39 Å². The van der Waals surface area contributed by atoms with E-state index in [0.29, 0.717) is 25.0 Å². The van der Waals surface area contributed by atoms with Gasteiger partial charge in [-0.25, -0.2) is 14.4 Å². The molecular formula is C16H19FN6O. The fraction of sp³-hybridized carbons (Fsp3) is 0.375. The van der Waals surface area contributed by atoms with Crippen LogP contribution >= 0.6 is 0 Å². The van der Waals surface area contributed by atoms with Crippen molar-refractivity contribution in [2.75, 3.05) is 13.6 Å². The zero-order valence-corrected chi connectivity index (χ0v) is 13.6. The molecule has 0 bridgehead atoms. The molecule has 0 radical (unpaired) electrons. The zero-order chi connectivity index (χ0) is 17.1. The molecule has 0 spiro atoms. The number of benzene rings is 1. The number of nitrogens with one attached hydrogen (secondary N) is 1. The molecule has 2 heterocycles. The molecule has 0 fully saturated rings. The van der Waals surface area contributed by atoms with Gasteiger partial charge in [0.2, 0.25) is 5.91 Å². The Morgan fingerprint density at radius 1 is 1.46 bits per heavy atom. The molecule has 0 saturated carbocycles. The predicted octanol–water partition coefficient (Wildman–Crippen LogP) is 1.63. The van der Waals surface area contributed by atoms with Crippen molar-refractivity contribution in [3.05, 3.63) is 42.5 Å². The van der Waals surface area contributed by atoms with Crippen molar-refractivity contribution in [3.63, 3.8) is 0 Å². The van der Waals surface area contributed by atoms with Crippen molar-refractivity contribution < 1.29 is 9.18 Å². The summed E-state index contributed by atoms with van der Waals surface area (Å²) in [5, 5.41) is 4.01. The van der Waals surface area contributed by atoms with Gasteiger partial charge in [0, 0.05) is 20.0 Å². The zero-order valence-electron chi connectivity index (χ0n) is 13.6. The third kappa shape index (κ3) is 3.58. The van der Waals surface area contributed by atoms with Crippen LogP contribution in [0, 0.1) is 11.7 Å². The van der Waals surface area contributed by atoms with Crippen LogP contribution in [-0.2, 0) is 17.8 Å². The van der Waals surface area contributed by atoms with Crippen LogP contribution in [0.2, 0.25) is 0 Å². The molecule has 7 nitrogen and oxygen atoms in total. The molecule has 8 heteroatoms. The van der Waals surface area contributed by atoms with Gasteiger partial charge in [0.15, 0.2) is 0 Å². The Kier molecular flexibility index (Phi) is 4.54. The highest BCUT2D eigenvalue weighted by Gasteiger charge is 2.18. The number of imidazole rings is 1. The summed E-state index contributed by atoms with van der Waals surface area (Å²) in [5.74, 6) is 0.278. The molecule has 24 heavy (non-hydrogen) atoms. The molecule has 3 aromatic rings. The van der Waals surface area contributed by atoms with Gasteiger partial charge in [0.1, 0.15) is 24.3 Å². The summed E-state index contributed by atoms with van der Waals surface area (Å²) < 4.78 is 14.8. The maximum atomic E-state index is 13.2. The SMILES string of the molecule is C[C@H](Cn1cncn1)C(=O)N(C)CCc1nc2ccc(F)cc2[nH]1. The summed E-state index contributed by atoms with van der Waals surface area (Å²) in [6, 6.07) is 4.44. The second-order valence-electron chi connectivity index (χ2n) is 5.87. The van der Waals surface area contributed by atoms with Crippen molar-refractivity contribution in [1.82, 2.24) is 29.6 Å². The number of H-pyrrole nitrogens is 1. The number of aromatic nitrogens is 5. The Bertz CT molecular complexity index is 828. The number of rotatable bonds is 6. The number of hydrogen-bond acceptors (Lipinski definition) is 4. The number of nitrogens with zero attached hydrogens (tertiary/aromatic N) is 5. The van der Waals surface area contributed by atoms with E-state index in [4.69, 9.17) is 0 Å². The minimum Gasteiger partial charge on any atom is -0.345 e. The molecule has 1 atom stereocenters. The maximum absolute atomic E-state index is 13.2. The molecule has 0 saturated heterocycles. The second-order valence-corrected chi connectivity index (χ2v) is 5.87. The molecule has 1 N–H and O–H groups in total. The molecule has 0 unspecified atom stereocenters. The predicted molar refractivity (Wildman–Crippen MR) is 86.6 cm³/mol. The third-order valence-electron chi connectivity index (χ3n) is 3.90. The Balaban J connectivity index is 1.57. The summed E-state index contributed by atoms with van der Waals surface area (Å²) in [5.41, 5.74) is 1.39. The third-order valence-corrected chi connectivity index (χ3v) is 3.90. The fourth-order valence-corrected chi connectivity index (χ4v) is 2.60. The molecule has 0 aliphatic rings. The quantitative estimate of drug-likeness (QED) is 0.745. The number of fused-ring (bicyclic) bond motifs is 1. The van der Waals surface area contributed by atoms with Gasteiger partial charge >= 0.3 is 0 Å².